The molecule has 1 saturated heterocycles. The van der Waals surface area contributed by atoms with Gasteiger partial charge in [0.05, 0.1) is 31.0 Å². The Balaban J connectivity index is 1.48. The zero-order valence-electron chi connectivity index (χ0n) is 18.0. The van der Waals surface area contributed by atoms with Gasteiger partial charge in [-0.25, -0.2) is 4.98 Å². The molecule has 1 amide bonds. The molecule has 1 aliphatic rings. The number of aryl methyl sites for hydroxylation is 1. The minimum atomic E-state index is -4.77. The van der Waals surface area contributed by atoms with Crippen LogP contribution in [0, 0.1) is 0 Å². The van der Waals surface area contributed by atoms with Gasteiger partial charge < -0.3 is 20.1 Å². The first kappa shape index (κ1) is 22.0. The predicted octanol–water partition coefficient (Wildman–Crippen LogP) is 3.82. The van der Waals surface area contributed by atoms with E-state index in [-0.39, 0.29) is 18.3 Å². The lowest BCUT2D eigenvalue weighted by Gasteiger charge is -2.36. The van der Waals surface area contributed by atoms with Crippen molar-refractivity contribution in [3.05, 3.63) is 59.8 Å². The molecular weight excluding hydrogens is 451 g/mol. The number of benzene rings is 2. The van der Waals surface area contributed by atoms with Crippen LogP contribution in [0.3, 0.4) is 0 Å². The maximum absolute atomic E-state index is 13.5. The van der Waals surface area contributed by atoms with Crippen molar-refractivity contribution in [1.29, 1.82) is 0 Å². The zero-order chi connectivity index (χ0) is 24.0. The van der Waals surface area contributed by atoms with Crippen molar-refractivity contribution in [3.63, 3.8) is 0 Å². The summed E-state index contributed by atoms with van der Waals surface area (Å²) < 4.78 is 48.6. The summed E-state index contributed by atoms with van der Waals surface area (Å²) in [7, 11) is 1.77. The number of carbonyl (C=O) groups excluding carboxylic acids is 1. The molecule has 2 N–H and O–H groups in total. The van der Waals surface area contributed by atoms with E-state index in [2.05, 4.69) is 14.8 Å². The van der Waals surface area contributed by atoms with E-state index < -0.39 is 12.4 Å². The van der Waals surface area contributed by atoms with Crippen LogP contribution in [0.2, 0.25) is 0 Å². The molecule has 4 aromatic rings. The highest BCUT2D eigenvalue weighted by Gasteiger charge is 2.32. The topological polar surface area (TPSA) is 95.5 Å². The molecule has 34 heavy (non-hydrogen) atoms. The number of pyridine rings is 1. The van der Waals surface area contributed by atoms with Crippen molar-refractivity contribution >= 4 is 33.5 Å². The second kappa shape index (κ2) is 8.17. The minimum Gasteiger partial charge on any atom is -0.406 e. The summed E-state index contributed by atoms with van der Waals surface area (Å²) in [5, 5.41) is 5.80. The van der Waals surface area contributed by atoms with Crippen molar-refractivity contribution in [3.8, 4) is 5.75 Å². The summed E-state index contributed by atoms with van der Waals surface area (Å²) in [5.74, 6) is -0.194. The molecule has 0 bridgehead atoms. The van der Waals surface area contributed by atoms with E-state index in [1.54, 1.807) is 41.0 Å². The fourth-order valence-electron chi connectivity index (χ4n) is 4.28. The van der Waals surface area contributed by atoms with Crippen LogP contribution in [0.4, 0.5) is 19.0 Å². The minimum absolute atomic E-state index is 0.223. The number of hydrogen-bond donors (Lipinski definition) is 1. The molecule has 1 atom stereocenters. The number of fused-ring (bicyclic) bond motifs is 3. The van der Waals surface area contributed by atoms with E-state index in [1.807, 2.05) is 0 Å². The standard InChI is InChI=1S/C23H20F3N5O3/c1-30-20-17(11-28-30)16-10-14(4-7-18(16)29-21(20)27)22(32)31-8-9-33-12-19(31)13-2-5-15(6-3-13)34-23(24,25)26/h2-7,10-11,19H,8-9,12H2,1H3,(H2,27,29)/t19-/m1/s1. The fraction of sp³-hybridized carbons (Fsp3) is 0.261. The highest BCUT2D eigenvalue weighted by molar-refractivity contribution is 6.10. The summed E-state index contributed by atoms with van der Waals surface area (Å²) >= 11 is 0. The first-order valence-corrected chi connectivity index (χ1v) is 10.5. The number of nitrogens with two attached hydrogens (primary N) is 1. The largest absolute Gasteiger partial charge is 0.573 e. The van der Waals surface area contributed by atoms with Crippen LogP contribution in [-0.2, 0) is 11.8 Å². The Hall–Kier alpha value is -3.86. The van der Waals surface area contributed by atoms with Crippen LogP contribution in [0.5, 0.6) is 5.75 Å². The van der Waals surface area contributed by atoms with E-state index >= 15 is 0 Å². The molecule has 0 aliphatic carbocycles. The lowest BCUT2D eigenvalue weighted by molar-refractivity contribution is -0.274. The number of hydrogen-bond acceptors (Lipinski definition) is 6. The number of nitrogen functional groups attached to an aromatic ring is 1. The van der Waals surface area contributed by atoms with Gasteiger partial charge >= 0.3 is 6.36 Å². The Morgan fingerprint density at radius 1 is 1.18 bits per heavy atom. The summed E-state index contributed by atoms with van der Waals surface area (Å²) in [6.45, 7) is 0.921. The number of anilines is 1. The number of aromatic nitrogens is 3. The molecule has 5 rings (SSSR count). The lowest BCUT2D eigenvalue weighted by Crippen LogP contribution is -2.43. The molecule has 2 aromatic carbocycles. The maximum atomic E-state index is 13.5. The molecule has 0 spiro atoms. The normalized spacial score (nSPS) is 16.8. The van der Waals surface area contributed by atoms with Gasteiger partial charge in [0, 0.05) is 29.9 Å². The van der Waals surface area contributed by atoms with Crippen molar-refractivity contribution in [2.75, 3.05) is 25.5 Å². The summed E-state index contributed by atoms with van der Waals surface area (Å²) in [6.07, 6.45) is -3.08. The molecule has 0 saturated carbocycles. The van der Waals surface area contributed by atoms with Crippen LogP contribution in [0.1, 0.15) is 22.0 Å². The molecule has 3 heterocycles. The smallest absolute Gasteiger partial charge is 0.406 e. The molecular formula is C23H20F3N5O3. The third kappa shape index (κ3) is 3.98. The summed E-state index contributed by atoms with van der Waals surface area (Å²) in [4.78, 5) is 19.6. The van der Waals surface area contributed by atoms with E-state index in [1.165, 1.54) is 24.3 Å². The van der Waals surface area contributed by atoms with Crippen LogP contribution in [0.25, 0.3) is 21.8 Å². The SMILES string of the molecule is Cn1ncc2c3cc(C(=O)N4CCOC[C@@H]4c4ccc(OC(F)(F)F)cc4)ccc3nc(N)c21. The zero-order valence-corrected chi connectivity index (χ0v) is 18.0. The molecule has 8 nitrogen and oxygen atoms in total. The summed E-state index contributed by atoms with van der Waals surface area (Å²) in [5.41, 5.74) is 8.50. The number of ether oxygens (including phenoxy) is 2. The van der Waals surface area contributed by atoms with E-state index in [0.717, 1.165) is 10.8 Å². The average molecular weight is 471 g/mol. The molecule has 1 aliphatic heterocycles. The van der Waals surface area contributed by atoms with Crippen molar-refractivity contribution < 1.29 is 27.4 Å². The number of morpholine rings is 1. The number of rotatable bonds is 3. The van der Waals surface area contributed by atoms with E-state index in [9.17, 15) is 18.0 Å². The Labute approximate surface area is 191 Å². The Morgan fingerprint density at radius 2 is 1.94 bits per heavy atom. The van der Waals surface area contributed by atoms with Gasteiger partial charge in [0.25, 0.3) is 5.91 Å². The van der Waals surface area contributed by atoms with Crippen LogP contribution in [-0.4, -0.2) is 51.7 Å². The first-order chi connectivity index (χ1) is 16.2. The van der Waals surface area contributed by atoms with Crippen LogP contribution < -0.4 is 10.5 Å². The third-order valence-corrected chi connectivity index (χ3v) is 5.84. The van der Waals surface area contributed by atoms with Gasteiger partial charge in [0.1, 0.15) is 17.1 Å². The second-order valence-electron chi connectivity index (χ2n) is 7.97. The average Bonchev–Trinajstić information content (AvgIpc) is 3.20. The Morgan fingerprint density at radius 3 is 2.68 bits per heavy atom. The van der Waals surface area contributed by atoms with Gasteiger partial charge in [0.15, 0.2) is 0 Å². The molecule has 176 valence electrons. The first-order valence-electron chi connectivity index (χ1n) is 10.5. The number of alkyl halides is 3. The quantitative estimate of drug-likeness (QED) is 0.488. The van der Waals surface area contributed by atoms with E-state index in [4.69, 9.17) is 10.5 Å². The monoisotopic (exact) mass is 471 g/mol. The molecule has 2 aromatic heterocycles. The second-order valence-corrected chi connectivity index (χ2v) is 7.97. The van der Waals surface area contributed by atoms with Crippen molar-refractivity contribution in [1.82, 2.24) is 19.7 Å². The van der Waals surface area contributed by atoms with Gasteiger partial charge in [-0.05, 0) is 35.9 Å². The molecule has 0 radical (unpaired) electrons. The third-order valence-electron chi connectivity index (χ3n) is 5.84. The molecule has 0 unspecified atom stereocenters. The predicted molar refractivity (Wildman–Crippen MR) is 118 cm³/mol. The number of nitrogens with zero attached hydrogens (tertiary/aromatic N) is 4. The highest BCUT2D eigenvalue weighted by Crippen LogP contribution is 2.32. The number of amides is 1. The molecule has 1 fully saturated rings. The molecule has 11 heteroatoms. The number of carbonyl (C=O) groups is 1. The fourth-order valence-corrected chi connectivity index (χ4v) is 4.28. The van der Waals surface area contributed by atoms with Gasteiger partial charge in [-0.3, -0.25) is 9.48 Å². The van der Waals surface area contributed by atoms with Crippen molar-refractivity contribution in [2.24, 2.45) is 7.05 Å². The Kier molecular flexibility index (Phi) is 5.28. The Bertz CT molecular complexity index is 1380. The van der Waals surface area contributed by atoms with Gasteiger partial charge in [-0.1, -0.05) is 12.1 Å². The lowest BCUT2D eigenvalue weighted by atomic mass is 10.0. The van der Waals surface area contributed by atoms with Crippen molar-refractivity contribution in [2.45, 2.75) is 12.4 Å². The van der Waals surface area contributed by atoms with Gasteiger partial charge in [0.2, 0.25) is 0 Å². The van der Waals surface area contributed by atoms with Gasteiger partial charge in [-0.15, -0.1) is 13.2 Å². The van der Waals surface area contributed by atoms with E-state index in [0.29, 0.717) is 41.1 Å². The van der Waals surface area contributed by atoms with Crippen LogP contribution >= 0.6 is 0 Å². The van der Waals surface area contributed by atoms with Crippen LogP contribution in [0.15, 0.2) is 48.7 Å². The highest BCUT2D eigenvalue weighted by atomic mass is 19.4. The van der Waals surface area contributed by atoms with Gasteiger partial charge in [-0.2, -0.15) is 5.10 Å². The number of halogens is 3. The maximum Gasteiger partial charge on any atom is 0.573 e. The summed E-state index contributed by atoms with van der Waals surface area (Å²) in [6, 6.07) is 10.2.